The van der Waals surface area contributed by atoms with E-state index in [0.717, 1.165) is 15.6 Å². The molecule has 3 N–H and O–H groups in total. The highest BCUT2D eigenvalue weighted by Crippen LogP contribution is 2.19. The number of nitrogens with two attached hydrogens (primary N) is 1. The van der Waals surface area contributed by atoms with Gasteiger partial charge in [-0.05, 0) is 43.7 Å². The third-order valence-corrected chi connectivity index (χ3v) is 3.64. The molecule has 104 valence electrons. The van der Waals surface area contributed by atoms with Crippen LogP contribution in [0, 0.1) is 6.92 Å². The molecule has 0 bridgehead atoms. The fourth-order valence-corrected chi connectivity index (χ4v) is 2.42. The Morgan fingerprint density at radius 2 is 2.00 bits per heavy atom. The number of rotatable bonds is 3. The maximum Gasteiger partial charge on any atom is 0.253 e. The predicted molar refractivity (Wildman–Crippen MR) is 85.6 cm³/mol. The summed E-state index contributed by atoms with van der Waals surface area (Å²) in [6.45, 7) is 3.89. The number of amides is 1. The summed E-state index contributed by atoms with van der Waals surface area (Å²) in [4.78, 5) is 12.3. The Morgan fingerprint density at radius 3 is 2.70 bits per heavy atom. The van der Waals surface area contributed by atoms with Gasteiger partial charge in [0.1, 0.15) is 0 Å². The number of benzene rings is 2. The zero-order valence-corrected chi connectivity index (χ0v) is 13.1. The van der Waals surface area contributed by atoms with E-state index in [9.17, 15) is 4.79 Å². The normalized spacial score (nSPS) is 11.9. The third-order valence-electron chi connectivity index (χ3n) is 3.15. The van der Waals surface area contributed by atoms with E-state index < -0.39 is 0 Å². The smallest absolute Gasteiger partial charge is 0.253 e. The summed E-state index contributed by atoms with van der Waals surface area (Å²) in [5.41, 5.74) is 8.93. The minimum Gasteiger partial charge on any atom is -0.398 e. The molecule has 0 saturated carbocycles. The van der Waals surface area contributed by atoms with E-state index in [1.54, 1.807) is 12.1 Å². The molecule has 1 unspecified atom stereocenters. The number of anilines is 1. The van der Waals surface area contributed by atoms with Gasteiger partial charge < -0.3 is 11.1 Å². The number of hydrogen-bond acceptors (Lipinski definition) is 2. The van der Waals surface area contributed by atoms with Gasteiger partial charge in [-0.15, -0.1) is 0 Å². The Labute approximate surface area is 127 Å². The van der Waals surface area contributed by atoms with Gasteiger partial charge in [0.2, 0.25) is 0 Å². The van der Waals surface area contributed by atoms with Crippen molar-refractivity contribution in [3.63, 3.8) is 0 Å². The summed E-state index contributed by atoms with van der Waals surface area (Å²) in [5, 5.41) is 2.97. The molecule has 0 spiro atoms. The molecule has 4 heteroatoms. The molecule has 20 heavy (non-hydrogen) atoms. The number of nitrogens with one attached hydrogen (secondary N) is 1. The number of aryl methyl sites for hydroxylation is 1. The van der Waals surface area contributed by atoms with Crippen LogP contribution in [0.15, 0.2) is 46.9 Å². The lowest BCUT2D eigenvalue weighted by atomic mass is 10.1. The van der Waals surface area contributed by atoms with Crippen LogP contribution in [0.4, 0.5) is 5.69 Å². The van der Waals surface area contributed by atoms with Crippen LogP contribution in [0.2, 0.25) is 0 Å². The Balaban J connectivity index is 2.17. The molecule has 0 aromatic heterocycles. The first-order chi connectivity index (χ1) is 9.47. The highest BCUT2D eigenvalue weighted by Gasteiger charge is 2.14. The lowest BCUT2D eigenvalue weighted by Crippen LogP contribution is -2.27. The number of hydrogen-bond donors (Lipinski definition) is 2. The molecule has 2 aromatic carbocycles. The second kappa shape index (κ2) is 6.09. The van der Waals surface area contributed by atoms with Crippen LogP contribution in [0.25, 0.3) is 0 Å². The largest absolute Gasteiger partial charge is 0.398 e. The maximum absolute atomic E-state index is 12.3. The molecule has 0 radical (unpaired) electrons. The topological polar surface area (TPSA) is 55.1 Å². The van der Waals surface area contributed by atoms with Gasteiger partial charge in [-0.2, -0.15) is 0 Å². The van der Waals surface area contributed by atoms with Gasteiger partial charge in [-0.25, -0.2) is 0 Å². The average molecular weight is 333 g/mol. The van der Waals surface area contributed by atoms with Crippen molar-refractivity contribution in [1.29, 1.82) is 0 Å². The average Bonchev–Trinajstić information content (AvgIpc) is 2.41. The minimum absolute atomic E-state index is 0.0834. The fraction of sp³-hybridized carbons (Fsp3) is 0.188. The molecule has 2 rings (SSSR count). The monoisotopic (exact) mass is 332 g/mol. The summed E-state index contributed by atoms with van der Waals surface area (Å²) < 4.78 is 0.992. The Hall–Kier alpha value is -1.81. The first kappa shape index (κ1) is 14.6. The van der Waals surface area contributed by atoms with Crippen LogP contribution in [0.3, 0.4) is 0 Å². The van der Waals surface area contributed by atoms with Gasteiger partial charge in [0.15, 0.2) is 0 Å². The quantitative estimate of drug-likeness (QED) is 0.839. The van der Waals surface area contributed by atoms with Crippen molar-refractivity contribution in [2.45, 2.75) is 19.9 Å². The standard InChI is InChI=1S/C16H17BrN2O/c1-10-6-7-15(18)14(8-10)16(20)19-11(2)12-4-3-5-13(17)9-12/h3-9,11H,18H2,1-2H3,(H,19,20). The minimum atomic E-state index is -0.154. The first-order valence-electron chi connectivity index (χ1n) is 6.40. The van der Waals surface area contributed by atoms with E-state index in [-0.39, 0.29) is 11.9 Å². The van der Waals surface area contributed by atoms with Crippen molar-refractivity contribution in [3.8, 4) is 0 Å². The lowest BCUT2D eigenvalue weighted by molar-refractivity contribution is 0.0940. The highest BCUT2D eigenvalue weighted by molar-refractivity contribution is 9.10. The van der Waals surface area contributed by atoms with E-state index >= 15 is 0 Å². The molecule has 0 aliphatic carbocycles. The van der Waals surface area contributed by atoms with Crippen molar-refractivity contribution in [2.75, 3.05) is 5.73 Å². The molecular weight excluding hydrogens is 316 g/mol. The van der Waals surface area contributed by atoms with Gasteiger partial charge in [0, 0.05) is 10.2 Å². The Morgan fingerprint density at radius 1 is 1.25 bits per heavy atom. The molecule has 1 atom stereocenters. The molecule has 0 heterocycles. The summed E-state index contributed by atoms with van der Waals surface area (Å²) in [6.07, 6.45) is 0. The summed E-state index contributed by atoms with van der Waals surface area (Å²) in [5.74, 6) is -0.154. The molecule has 0 aliphatic heterocycles. The number of carbonyl (C=O) groups is 1. The second-order valence-corrected chi connectivity index (χ2v) is 5.76. The summed E-state index contributed by atoms with van der Waals surface area (Å²) in [6, 6.07) is 13.2. The van der Waals surface area contributed by atoms with Crippen LogP contribution in [0.5, 0.6) is 0 Å². The van der Waals surface area contributed by atoms with Gasteiger partial charge in [0.05, 0.1) is 11.6 Å². The predicted octanol–water partition coefficient (Wildman–Crippen LogP) is 3.83. The summed E-state index contributed by atoms with van der Waals surface area (Å²) in [7, 11) is 0. The molecule has 3 nitrogen and oxygen atoms in total. The van der Waals surface area contributed by atoms with Crippen molar-refractivity contribution < 1.29 is 4.79 Å². The summed E-state index contributed by atoms with van der Waals surface area (Å²) >= 11 is 3.43. The van der Waals surface area contributed by atoms with Gasteiger partial charge in [-0.3, -0.25) is 4.79 Å². The van der Waals surface area contributed by atoms with Crippen LogP contribution in [-0.4, -0.2) is 5.91 Å². The first-order valence-corrected chi connectivity index (χ1v) is 7.19. The number of halogens is 1. The Bertz CT molecular complexity index is 640. The Kier molecular flexibility index (Phi) is 4.45. The second-order valence-electron chi connectivity index (χ2n) is 4.84. The van der Waals surface area contributed by atoms with E-state index in [4.69, 9.17) is 5.73 Å². The van der Waals surface area contributed by atoms with Gasteiger partial charge >= 0.3 is 0 Å². The van der Waals surface area contributed by atoms with Crippen molar-refractivity contribution in [3.05, 3.63) is 63.6 Å². The number of carbonyl (C=O) groups excluding carboxylic acids is 1. The lowest BCUT2D eigenvalue weighted by Gasteiger charge is -2.16. The van der Waals surface area contributed by atoms with E-state index in [1.807, 2.05) is 44.2 Å². The van der Waals surface area contributed by atoms with Gasteiger partial charge in [-0.1, -0.05) is 39.7 Å². The third kappa shape index (κ3) is 3.39. The van der Waals surface area contributed by atoms with Crippen LogP contribution < -0.4 is 11.1 Å². The molecule has 2 aromatic rings. The van der Waals surface area contributed by atoms with E-state index in [2.05, 4.69) is 21.2 Å². The van der Waals surface area contributed by atoms with Crippen LogP contribution in [0.1, 0.15) is 34.5 Å². The molecular formula is C16H17BrN2O. The molecule has 0 fully saturated rings. The fourth-order valence-electron chi connectivity index (χ4n) is 2.00. The van der Waals surface area contributed by atoms with Crippen LogP contribution in [-0.2, 0) is 0 Å². The highest BCUT2D eigenvalue weighted by atomic mass is 79.9. The molecule has 0 saturated heterocycles. The SMILES string of the molecule is Cc1ccc(N)c(C(=O)NC(C)c2cccc(Br)c2)c1. The number of nitrogen functional groups attached to an aromatic ring is 1. The van der Waals surface area contributed by atoms with E-state index in [0.29, 0.717) is 11.3 Å². The zero-order valence-electron chi connectivity index (χ0n) is 11.5. The molecule has 1 amide bonds. The van der Waals surface area contributed by atoms with Crippen molar-refractivity contribution >= 4 is 27.5 Å². The maximum atomic E-state index is 12.3. The van der Waals surface area contributed by atoms with Crippen LogP contribution >= 0.6 is 15.9 Å². The zero-order chi connectivity index (χ0) is 14.7. The van der Waals surface area contributed by atoms with E-state index in [1.165, 1.54) is 0 Å². The van der Waals surface area contributed by atoms with Gasteiger partial charge in [0.25, 0.3) is 5.91 Å². The van der Waals surface area contributed by atoms with Crippen molar-refractivity contribution in [2.24, 2.45) is 0 Å². The van der Waals surface area contributed by atoms with Crippen molar-refractivity contribution in [1.82, 2.24) is 5.32 Å². The molecule has 0 aliphatic rings.